The molecule has 2 aliphatic carbocycles. The molecule has 2 saturated carbocycles. The summed E-state index contributed by atoms with van der Waals surface area (Å²) in [5, 5.41) is 6.84. The summed E-state index contributed by atoms with van der Waals surface area (Å²) in [4.78, 5) is 6.96. The largest absolute Gasteiger partial charge is 0.371 e. The third-order valence-electron chi connectivity index (χ3n) is 7.54. The fourth-order valence-corrected chi connectivity index (χ4v) is 7.35. The topological polar surface area (TPSA) is 43.2 Å². The number of anilines is 1. The van der Waals surface area contributed by atoms with Crippen LogP contribution in [0.4, 0.5) is 9.52 Å². The summed E-state index contributed by atoms with van der Waals surface area (Å²) in [7, 11) is 0. The second kappa shape index (κ2) is 8.44. The highest BCUT2D eigenvalue weighted by molar-refractivity contribution is 7.22. The van der Waals surface area contributed by atoms with E-state index in [0.29, 0.717) is 40.2 Å². The van der Waals surface area contributed by atoms with E-state index in [9.17, 15) is 4.39 Å². The Bertz CT molecular complexity index is 1410. The van der Waals surface area contributed by atoms with E-state index in [1.165, 1.54) is 6.07 Å². The Hall–Kier alpha value is -2.19. The average Bonchev–Trinajstić information content (AvgIpc) is 3.18. The van der Waals surface area contributed by atoms with Crippen LogP contribution in [0.1, 0.15) is 37.4 Å². The zero-order valence-corrected chi connectivity index (χ0v) is 21.2. The number of rotatable bonds is 6. The summed E-state index contributed by atoms with van der Waals surface area (Å²) in [5.74, 6) is 0.179. The van der Waals surface area contributed by atoms with E-state index in [-0.39, 0.29) is 11.9 Å². The fraction of sp³-hybridized carbons (Fsp3) is 0.385. The number of thiazole rings is 1. The maximum absolute atomic E-state index is 14.2. The van der Waals surface area contributed by atoms with Crippen LogP contribution in [0.25, 0.3) is 21.3 Å². The summed E-state index contributed by atoms with van der Waals surface area (Å²) in [6.07, 6.45) is 6.35. The number of halogens is 3. The van der Waals surface area contributed by atoms with E-state index in [0.717, 1.165) is 58.9 Å². The van der Waals surface area contributed by atoms with Gasteiger partial charge in [-0.25, -0.2) is 9.37 Å². The lowest BCUT2D eigenvalue weighted by Crippen LogP contribution is -2.38. The lowest BCUT2D eigenvalue weighted by atomic mass is 10.0. The number of fused-ring (bicyclic) bond motifs is 3. The van der Waals surface area contributed by atoms with Crippen LogP contribution in [0, 0.1) is 11.7 Å². The van der Waals surface area contributed by atoms with Gasteiger partial charge >= 0.3 is 0 Å². The summed E-state index contributed by atoms with van der Waals surface area (Å²) in [6, 6.07) is 11.5. The van der Waals surface area contributed by atoms with Crippen molar-refractivity contribution in [3.05, 3.63) is 64.2 Å². The molecule has 7 rings (SSSR count). The molecule has 5 nitrogen and oxygen atoms in total. The van der Waals surface area contributed by atoms with Gasteiger partial charge in [-0.3, -0.25) is 4.68 Å². The van der Waals surface area contributed by atoms with Crippen molar-refractivity contribution in [3.8, 4) is 11.1 Å². The molecule has 3 aliphatic rings. The molecule has 2 aromatic carbocycles. The molecule has 180 valence electrons. The number of hydrogen-bond acceptors (Lipinski definition) is 5. The van der Waals surface area contributed by atoms with Crippen molar-refractivity contribution < 1.29 is 9.13 Å². The predicted octanol–water partition coefficient (Wildman–Crippen LogP) is 7.12. The molecule has 4 aromatic rings. The van der Waals surface area contributed by atoms with Gasteiger partial charge in [0.25, 0.3) is 0 Å². The zero-order valence-electron chi connectivity index (χ0n) is 18.8. The number of aromatic nitrogens is 3. The van der Waals surface area contributed by atoms with Gasteiger partial charge in [0, 0.05) is 29.6 Å². The Morgan fingerprint density at radius 3 is 2.57 bits per heavy atom. The van der Waals surface area contributed by atoms with Crippen LogP contribution in [-0.4, -0.2) is 33.5 Å². The highest BCUT2D eigenvalue weighted by atomic mass is 35.5. The lowest BCUT2D eigenvalue weighted by molar-refractivity contribution is 0.00958. The molecule has 0 N–H and O–H groups in total. The fourth-order valence-electron chi connectivity index (χ4n) is 5.69. The van der Waals surface area contributed by atoms with E-state index in [1.54, 1.807) is 17.4 Å². The minimum atomic E-state index is -0.253. The van der Waals surface area contributed by atoms with Gasteiger partial charge in [0.15, 0.2) is 5.13 Å². The summed E-state index contributed by atoms with van der Waals surface area (Å²) in [5.41, 5.74) is 3.29. The van der Waals surface area contributed by atoms with Gasteiger partial charge in [-0.15, -0.1) is 0 Å². The van der Waals surface area contributed by atoms with Crippen molar-refractivity contribution in [2.24, 2.45) is 5.92 Å². The number of benzene rings is 2. The first-order valence-corrected chi connectivity index (χ1v) is 13.6. The number of piperidine rings is 1. The minimum Gasteiger partial charge on any atom is -0.371 e. The van der Waals surface area contributed by atoms with Crippen LogP contribution in [0.15, 0.2) is 42.6 Å². The normalized spacial score (nSPS) is 23.6. The van der Waals surface area contributed by atoms with Gasteiger partial charge in [-0.05, 0) is 49.9 Å². The smallest absolute Gasteiger partial charge is 0.186 e. The molecular formula is C26H23Cl2FN4OS. The highest BCUT2D eigenvalue weighted by Gasteiger charge is 2.46. The molecule has 0 amide bonds. The van der Waals surface area contributed by atoms with Crippen LogP contribution >= 0.6 is 34.5 Å². The molecule has 0 radical (unpaired) electrons. The molecule has 1 aliphatic heterocycles. The van der Waals surface area contributed by atoms with Gasteiger partial charge in [0.05, 0.1) is 45.4 Å². The number of hydrogen-bond donors (Lipinski definition) is 0. The van der Waals surface area contributed by atoms with Crippen molar-refractivity contribution in [1.82, 2.24) is 14.8 Å². The monoisotopic (exact) mass is 528 g/mol. The molecule has 3 atom stereocenters. The van der Waals surface area contributed by atoms with E-state index in [1.807, 2.05) is 30.5 Å². The van der Waals surface area contributed by atoms with E-state index >= 15 is 0 Å². The third kappa shape index (κ3) is 3.75. The summed E-state index contributed by atoms with van der Waals surface area (Å²) < 4.78 is 23.7. The number of para-hydroxylation sites is 1. The van der Waals surface area contributed by atoms with Crippen LogP contribution in [0.2, 0.25) is 10.0 Å². The van der Waals surface area contributed by atoms with Crippen molar-refractivity contribution in [2.45, 2.75) is 50.5 Å². The molecule has 3 fully saturated rings. The van der Waals surface area contributed by atoms with Gasteiger partial charge in [-0.2, -0.15) is 5.10 Å². The Morgan fingerprint density at radius 1 is 1.06 bits per heavy atom. The molecule has 35 heavy (non-hydrogen) atoms. The first-order chi connectivity index (χ1) is 17.1. The van der Waals surface area contributed by atoms with Crippen molar-refractivity contribution in [3.63, 3.8) is 0 Å². The highest BCUT2D eigenvalue weighted by Crippen LogP contribution is 2.46. The molecule has 0 unspecified atom stereocenters. The maximum Gasteiger partial charge on any atom is 0.186 e. The Labute approximate surface area is 216 Å². The van der Waals surface area contributed by atoms with Crippen LogP contribution in [0.3, 0.4) is 0 Å². The van der Waals surface area contributed by atoms with Crippen molar-refractivity contribution in [1.29, 1.82) is 0 Å². The quantitative estimate of drug-likeness (QED) is 0.267. The van der Waals surface area contributed by atoms with E-state index in [4.69, 9.17) is 27.9 Å². The molecule has 3 heterocycles. The first kappa shape index (κ1) is 22.0. The third-order valence-corrected chi connectivity index (χ3v) is 9.23. The maximum atomic E-state index is 14.2. The van der Waals surface area contributed by atoms with Crippen molar-refractivity contribution in [2.75, 3.05) is 11.4 Å². The van der Waals surface area contributed by atoms with Crippen LogP contribution < -0.4 is 4.90 Å². The van der Waals surface area contributed by atoms with E-state index in [2.05, 4.69) is 19.7 Å². The van der Waals surface area contributed by atoms with Crippen LogP contribution in [0.5, 0.6) is 0 Å². The summed E-state index contributed by atoms with van der Waals surface area (Å²) >= 11 is 14.6. The standard InChI is InChI=1S/C26H23Cl2FN4OS/c27-18-3-1-4-19(28)24(18)17-11-30-33(15-7-8-15)21(17)13-34-22-10-16-9-14(22)12-32(16)26-31-25-20(29)5-2-6-23(25)35-26/h1-6,11,14-16,22H,7-10,12-13H2/t14-,16-,22+/m0/s1. The molecule has 0 spiro atoms. The zero-order chi connectivity index (χ0) is 23.7. The van der Waals surface area contributed by atoms with Gasteiger partial charge < -0.3 is 9.64 Å². The number of ether oxygens (including phenoxy) is 1. The summed E-state index contributed by atoms with van der Waals surface area (Å²) in [6.45, 7) is 1.37. The number of nitrogens with zero attached hydrogens (tertiary/aromatic N) is 4. The molecular weight excluding hydrogens is 506 g/mol. The molecule has 2 bridgehead atoms. The van der Waals surface area contributed by atoms with Crippen LogP contribution in [-0.2, 0) is 11.3 Å². The Morgan fingerprint density at radius 2 is 1.86 bits per heavy atom. The molecule has 2 aromatic heterocycles. The first-order valence-electron chi connectivity index (χ1n) is 12.0. The van der Waals surface area contributed by atoms with Gasteiger partial charge in [0.1, 0.15) is 11.3 Å². The SMILES string of the molecule is Fc1cccc2sc(N3C[C@@H]4C[C@H]3C[C@H]4OCc3c(-c4c(Cl)cccc4Cl)cnn3C3CC3)nc12. The molecule has 1 saturated heterocycles. The average molecular weight is 529 g/mol. The van der Waals surface area contributed by atoms with Gasteiger partial charge in [-0.1, -0.05) is 46.7 Å². The second-order valence-corrected chi connectivity index (χ2v) is 11.6. The minimum absolute atomic E-state index is 0.180. The lowest BCUT2D eigenvalue weighted by Gasteiger charge is -2.31. The van der Waals surface area contributed by atoms with Gasteiger partial charge in [0.2, 0.25) is 0 Å². The second-order valence-electron chi connectivity index (χ2n) is 9.75. The van der Waals surface area contributed by atoms with Crippen molar-refractivity contribution >= 4 is 49.9 Å². The Balaban J connectivity index is 1.10. The predicted molar refractivity (Wildman–Crippen MR) is 138 cm³/mol. The Kier molecular flexibility index (Phi) is 5.32. The molecule has 9 heteroatoms. The van der Waals surface area contributed by atoms with E-state index < -0.39 is 0 Å².